The molecule has 0 radical (unpaired) electrons. The normalized spacial score (nSPS) is 11.6. The fourth-order valence-electron chi connectivity index (χ4n) is 1.05. The molecular weight excluding hydrogens is 232 g/mol. The third-order valence-corrected chi connectivity index (χ3v) is 2.02. The van der Waals surface area contributed by atoms with Gasteiger partial charge in [-0.3, -0.25) is 0 Å². The van der Waals surface area contributed by atoms with Crippen molar-refractivity contribution in [1.82, 2.24) is 10.6 Å². The van der Waals surface area contributed by atoms with Gasteiger partial charge in [-0.05, 0) is 6.42 Å². The quantitative estimate of drug-likeness (QED) is 0.641. The Balaban J connectivity index is 4.02. The average molecular weight is 249 g/mol. The van der Waals surface area contributed by atoms with Crippen molar-refractivity contribution in [2.24, 2.45) is 0 Å². The molecular formula is C10H17ClN2O3. The largest absolute Gasteiger partial charge is 0.480 e. The highest BCUT2D eigenvalue weighted by Gasteiger charge is 2.18. The van der Waals surface area contributed by atoms with E-state index >= 15 is 0 Å². The number of carbonyl (C=O) groups is 2. The highest BCUT2D eigenvalue weighted by Crippen LogP contribution is 2.00. The number of hydrogen-bond donors (Lipinski definition) is 3. The molecule has 0 saturated heterocycles. The number of aliphatic carboxylic acids is 1. The van der Waals surface area contributed by atoms with Crippen molar-refractivity contribution in [2.75, 3.05) is 6.54 Å². The minimum absolute atomic E-state index is 0.119. The molecule has 2 amide bonds. The van der Waals surface area contributed by atoms with E-state index in [0.717, 1.165) is 12.8 Å². The number of urea groups is 1. The second kappa shape index (κ2) is 7.98. The number of rotatable bonds is 7. The molecule has 0 bridgehead atoms. The molecule has 0 aromatic carbocycles. The molecule has 1 unspecified atom stereocenters. The topological polar surface area (TPSA) is 78.4 Å². The number of hydrogen-bond acceptors (Lipinski definition) is 2. The molecule has 0 rings (SSSR count). The van der Waals surface area contributed by atoms with Crippen molar-refractivity contribution < 1.29 is 14.7 Å². The van der Waals surface area contributed by atoms with E-state index in [1.165, 1.54) is 0 Å². The predicted molar refractivity (Wildman–Crippen MR) is 62.5 cm³/mol. The second-order valence-electron chi connectivity index (χ2n) is 3.38. The van der Waals surface area contributed by atoms with Crippen LogP contribution < -0.4 is 10.6 Å². The van der Waals surface area contributed by atoms with Gasteiger partial charge in [-0.2, -0.15) is 0 Å². The molecule has 0 saturated carbocycles. The zero-order valence-electron chi connectivity index (χ0n) is 9.25. The summed E-state index contributed by atoms with van der Waals surface area (Å²) in [5.74, 6) is -1.03. The van der Waals surface area contributed by atoms with E-state index < -0.39 is 18.0 Å². The molecule has 0 heterocycles. The number of carbonyl (C=O) groups excluding carboxylic acids is 1. The Morgan fingerprint density at radius 2 is 2.12 bits per heavy atom. The van der Waals surface area contributed by atoms with E-state index in [2.05, 4.69) is 17.2 Å². The van der Waals surface area contributed by atoms with Gasteiger partial charge < -0.3 is 15.7 Å². The van der Waals surface area contributed by atoms with E-state index in [9.17, 15) is 9.59 Å². The Bertz CT molecular complexity index is 269. The first-order valence-electron chi connectivity index (χ1n) is 5.07. The van der Waals surface area contributed by atoms with Crippen molar-refractivity contribution in [3.05, 3.63) is 11.6 Å². The molecule has 0 aliphatic rings. The van der Waals surface area contributed by atoms with Gasteiger partial charge in [0.25, 0.3) is 0 Å². The summed E-state index contributed by atoms with van der Waals surface area (Å²) in [4.78, 5) is 22.0. The molecule has 1 atom stereocenters. The molecule has 6 heteroatoms. The first-order valence-corrected chi connectivity index (χ1v) is 5.45. The predicted octanol–water partition coefficient (Wildman–Crippen LogP) is 1.68. The van der Waals surface area contributed by atoms with Gasteiger partial charge in [-0.1, -0.05) is 37.9 Å². The molecule has 0 aromatic heterocycles. The van der Waals surface area contributed by atoms with Gasteiger partial charge in [-0.15, -0.1) is 0 Å². The maximum Gasteiger partial charge on any atom is 0.326 e. The minimum atomic E-state index is -1.03. The molecule has 92 valence electrons. The summed E-state index contributed by atoms with van der Waals surface area (Å²) in [7, 11) is 0. The van der Waals surface area contributed by atoms with Crippen LogP contribution in [0, 0.1) is 0 Å². The van der Waals surface area contributed by atoms with E-state index in [1.807, 2.05) is 6.92 Å². The third-order valence-electron chi connectivity index (χ3n) is 1.89. The zero-order valence-corrected chi connectivity index (χ0v) is 10.0. The maximum atomic E-state index is 11.2. The summed E-state index contributed by atoms with van der Waals surface area (Å²) in [6.45, 7) is 5.47. The van der Waals surface area contributed by atoms with Crippen molar-refractivity contribution in [3.8, 4) is 0 Å². The van der Waals surface area contributed by atoms with Crippen molar-refractivity contribution in [2.45, 2.75) is 32.2 Å². The Morgan fingerprint density at radius 3 is 2.56 bits per heavy atom. The van der Waals surface area contributed by atoms with Gasteiger partial charge in [0.05, 0.1) is 6.54 Å². The average Bonchev–Trinajstić information content (AvgIpc) is 2.20. The standard InChI is InChI=1S/C10H17ClN2O3/c1-3-4-5-8(9(14)15)13-10(16)12-6-7(2)11/h8H,2-6H2,1H3,(H,14,15)(H2,12,13,16). The van der Waals surface area contributed by atoms with E-state index in [0.29, 0.717) is 6.42 Å². The Kier molecular flexibility index (Phi) is 7.37. The van der Waals surface area contributed by atoms with Crippen LogP contribution in [-0.2, 0) is 4.79 Å². The van der Waals surface area contributed by atoms with Gasteiger partial charge in [0.2, 0.25) is 0 Å². The molecule has 16 heavy (non-hydrogen) atoms. The Hall–Kier alpha value is -1.23. The Labute approximate surface area is 99.9 Å². The molecule has 3 N–H and O–H groups in total. The summed E-state index contributed by atoms with van der Waals surface area (Å²) in [5, 5.41) is 13.9. The number of halogens is 1. The van der Waals surface area contributed by atoms with E-state index in [1.54, 1.807) is 0 Å². The summed E-state index contributed by atoms with van der Waals surface area (Å²) >= 11 is 5.45. The molecule has 0 fully saturated rings. The fraction of sp³-hybridized carbons (Fsp3) is 0.600. The van der Waals surface area contributed by atoms with Crippen molar-refractivity contribution >= 4 is 23.6 Å². The first-order chi connectivity index (χ1) is 7.47. The van der Waals surface area contributed by atoms with Crippen LogP contribution in [-0.4, -0.2) is 29.7 Å². The summed E-state index contributed by atoms with van der Waals surface area (Å²) in [6, 6.07) is -1.41. The first kappa shape index (κ1) is 14.8. The van der Waals surface area contributed by atoms with Crippen LogP contribution in [0.15, 0.2) is 11.6 Å². The summed E-state index contributed by atoms with van der Waals surface area (Å²) in [5.41, 5.74) is 0. The molecule has 0 aromatic rings. The lowest BCUT2D eigenvalue weighted by Gasteiger charge is -2.14. The lowest BCUT2D eigenvalue weighted by Crippen LogP contribution is -2.46. The lowest BCUT2D eigenvalue weighted by molar-refractivity contribution is -0.139. The minimum Gasteiger partial charge on any atom is -0.480 e. The SMILES string of the molecule is C=C(Cl)CNC(=O)NC(CCCC)C(=O)O. The van der Waals surface area contributed by atoms with Crippen LogP contribution in [0.25, 0.3) is 0 Å². The monoisotopic (exact) mass is 248 g/mol. The van der Waals surface area contributed by atoms with Crippen LogP contribution in [0.2, 0.25) is 0 Å². The van der Waals surface area contributed by atoms with Crippen LogP contribution >= 0.6 is 11.6 Å². The van der Waals surface area contributed by atoms with Crippen LogP contribution in [0.5, 0.6) is 0 Å². The molecule has 5 nitrogen and oxygen atoms in total. The lowest BCUT2D eigenvalue weighted by atomic mass is 10.1. The number of nitrogens with one attached hydrogen (secondary N) is 2. The number of carboxylic acids is 1. The highest BCUT2D eigenvalue weighted by atomic mass is 35.5. The summed E-state index contributed by atoms with van der Waals surface area (Å²) in [6.07, 6.45) is 2.05. The van der Waals surface area contributed by atoms with Gasteiger partial charge >= 0.3 is 12.0 Å². The van der Waals surface area contributed by atoms with E-state index in [4.69, 9.17) is 16.7 Å². The summed E-state index contributed by atoms with van der Waals surface area (Å²) < 4.78 is 0. The van der Waals surface area contributed by atoms with Gasteiger partial charge in [-0.25, -0.2) is 9.59 Å². The maximum absolute atomic E-state index is 11.2. The zero-order chi connectivity index (χ0) is 12.6. The molecule has 0 spiro atoms. The number of amides is 2. The molecule has 0 aliphatic carbocycles. The van der Waals surface area contributed by atoms with Crippen molar-refractivity contribution in [1.29, 1.82) is 0 Å². The number of carboxylic acid groups (broad SMARTS) is 1. The number of unbranched alkanes of at least 4 members (excludes halogenated alkanes) is 1. The van der Waals surface area contributed by atoms with Crippen LogP contribution in [0.1, 0.15) is 26.2 Å². The fourth-order valence-corrected chi connectivity index (χ4v) is 1.12. The van der Waals surface area contributed by atoms with Crippen LogP contribution in [0.4, 0.5) is 4.79 Å². The molecule has 0 aliphatic heterocycles. The van der Waals surface area contributed by atoms with Gasteiger partial charge in [0.1, 0.15) is 6.04 Å². The van der Waals surface area contributed by atoms with Gasteiger partial charge in [0, 0.05) is 5.03 Å². The highest BCUT2D eigenvalue weighted by molar-refractivity contribution is 6.29. The second-order valence-corrected chi connectivity index (χ2v) is 3.91. The van der Waals surface area contributed by atoms with Crippen molar-refractivity contribution in [3.63, 3.8) is 0 Å². The van der Waals surface area contributed by atoms with Gasteiger partial charge in [0.15, 0.2) is 0 Å². The third kappa shape index (κ3) is 7.11. The van der Waals surface area contributed by atoms with E-state index in [-0.39, 0.29) is 11.6 Å². The Morgan fingerprint density at radius 1 is 1.50 bits per heavy atom. The van der Waals surface area contributed by atoms with Crippen LogP contribution in [0.3, 0.4) is 0 Å². The smallest absolute Gasteiger partial charge is 0.326 e.